The van der Waals surface area contributed by atoms with Crippen LogP contribution in [-0.4, -0.2) is 29.8 Å². The van der Waals surface area contributed by atoms with E-state index in [9.17, 15) is 5.11 Å². The Kier molecular flexibility index (Phi) is 5.10. The highest BCUT2D eigenvalue weighted by atomic mass is 16.5. The van der Waals surface area contributed by atoms with Crippen molar-refractivity contribution in [3.05, 3.63) is 40.7 Å². The molecular weight excluding hydrogens is 296 g/mol. The van der Waals surface area contributed by atoms with Crippen molar-refractivity contribution in [3.8, 4) is 0 Å². The van der Waals surface area contributed by atoms with E-state index < -0.39 is 5.60 Å². The largest absolute Gasteiger partial charge is 0.463 e. The quantitative estimate of drug-likeness (QED) is 0.574. The highest BCUT2D eigenvalue weighted by Gasteiger charge is 2.27. The molecule has 1 unspecified atom stereocenters. The van der Waals surface area contributed by atoms with Crippen LogP contribution in [0.5, 0.6) is 0 Å². The van der Waals surface area contributed by atoms with Gasteiger partial charge in [-0.3, -0.25) is 4.99 Å². The smallest absolute Gasteiger partial charge is 0.191 e. The van der Waals surface area contributed by atoms with Crippen molar-refractivity contribution >= 4 is 5.96 Å². The molecule has 0 aliphatic rings. The first-order valence-electron chi connectivity index (χ1n) is 7.49. The summed E-state index contributed by atoms with van der Waals surface area (Å²) in [5.41, 5.74) is 0.722. The molecule has 2 rings (SSSR count). The van der Waals surface area contributed by atoms with Gasteiger partial charge < -0.3 is 24.7 Å². The average molecular weight is 320 g/mol. The lowest BCUT2D eigenvalue weighted by molar-refractivity contribution is 0.0378. The Morgan fingerprint density at radius 2 is 2.04 bits per heavy atom. The van der Waals surface area contributed by atoms with Gasteiger partial charge in [-0.25, -0.2) is 0 Å². The van der Waals surface area contributed by atoms with E-state index >= 15 is 0 Å². The number of aromatic nitrogens is 1. The molecule has 0 spiro atoms. The van der Waals surface area contributed by atoms with Crippen molar-refractivity contribution in [2.75, 3.05) is 13.6 Å². The molecule has 0 aliphatic heterocycles. The molecule has 7 nitrogen and oxygen atoms in total. The summed E-state index contributed by atoms with van der Waals surface area (Å²) >= 11 is 0. The van der Waals surface area contributed by atoms with E-state index in [1.807, 2.05) is 26.8 Å². The zero-order valence-electron chi connectivity index (χ0n) is 14.2. The van der Waals surface area contributed by atoms with Crippen molar-refractivity contribution in [3.63, 3.8) is 0 Å². The summed E-state index contributed by atoms with van der Waals surface area (Å²) in [5.74, 6) is 2.64. The van der Waals surface area contributed by atoms with Crippen molar-refractivity contribution in [2.45, 2.75) is 39.8 Å². The number of nitrogens with one attached hydrogen (secondary N) is 2. The number of furan rings is 1. The Bertz CT molecular complexity index is 666. The molecule has 0 saturated carbocycles. The maximum atomic E-state index is 10.5. The second-order valence-corrected chi connectivity index (χ2v) is 5.77. The number of rotatable bonds is 5. The van der Waals surface area contributed by atoms with Gasteiger partial charge in [0.25, 0.3) is 0 Å². The molecular formula is C16H24N4O3. The zero-order chi connectivity index (χ0) is 17.0. The van der Waals surface area contributed by atoms with Crippen molar-refractivity contribution < 1.29 is 14.0 Å². The summed E-state index contributed by atoms with van der Waals surface area (Å²) in [6.07, 6.45) is 0. The van der Waals surface area contributed by atoms with Crippen LogP contribution in [0.4, 0.5) is 0 Å². The monoisotopic (exact) mass is 320 g/mol. The maximum Gasteiger partial charge on any atom is 0.191 e. The molecule has 0 bridgehead atoms. The minimum atomic E-state index is -1.13. The van der Waals surface area contributed by atoms with E-state index in [-0.39, 0.29) is 6.54 Å². The van der Waals surface area contributed by atoms with Gasteiger partial charge in [0, 0.05) is 19.2 Å². The molecule has 2 aromatic rings. The van der Waals surface area contributed by atoms with E-state index in [2.05, 4.69) is 20.8 Å². The minimum absolute atomic E-state index is 0.265. The highest BCUT2D eigenvalue weighted by Crippen LogP contribution is 2.21. The lowest BCUT2D eigenvalue weighted by Gasteiger charge is -2.22. The Balaban J connectivity index is 1.93. The van der Waals surface area contributed by atoms with Crippen LogP contribution in [0.1, 0.15) is 35.5 Å². The van der Waals surface area contributed by atoms with Crippen LogP contribution < -0.4 is 10.6 Å². The first kappa shape index (κ1) is 17.1. The number of guanidine groups is 1. The van der Waals surface area contributed by atoms with Gasteiger partial charge in [-0.15, -0.1) is 0 Å². The molecule has 0 radical (unpaired) electrons. The summed E-state index contributed by atoms with van der Waals surface area (Å²) < 4.78 is 10.6. The van der Waals surface area contributed by atoms with Crippen molar-refractivity contribution in [1.29, 1.82) is 0 Å². The van der Waals surface area contributed by atoms with Gasteiger partial charge in [-0.2, -0.15) is 0 Å². The fourth-order valence-corrected chi connectivity index (χ4v) is 2.21. The molecule has 1 atom stereocenters. The van der Waals surface area contributed by atoms with Gasteiger partial charge in [-0.1, -0.05) is 5.16 Å². The normalized spacial score (nSPS) is 14.6. The predicted octanol–water partition coefficient (Wildman–Crippen LogP) is 1.77. The van der Waals surface area contributed by atoms with E-state index in [1.54, 1.807) is 20.0 Å². The Hall–Kier alpha value is -2.28. The lowest BCUT2D eigenvalue weighted by Crippen LogP contribution is -2.44. The maximum absolute atomic E-state index is 10.5. The first-order chi connectivity index (χ1) is 10.8. The van der Waals surface area contributed by atoms with Crippen LogP contribution in [0.15, 0.2) is 26.1 Å². The van der Waals surface area contributed by atoms with E-state index in [0.717, 1.165) is 22.8 Å². The number of nitrogens with zero attached hydrogens (tertiary/aromatic N) is 2. The molecule has 0 amide bonds. The molecule has 0 aliphatic carbocycles. The topological polar surface area (TPSA) is 95.8 Å². The number of hydrogen-bond acceptors (Lipinski definition) is 5. The highest BCUT2D eigenvalue weighted by molar-refractivity contribution is 5.79. The number of aryl methyl sites for hydroxylation is 3. The van der Waals surface area contributed by atoms with E-state index in [4.69, 9.17) is 8.94 Å². The van der Waals surface area contributed by atoms with Gasteiger partial charge in [0.2, 0.25) is 0 Å². The molecule has 126 valence electrons. The Morgan fingerprint density at radius 1 is 1.30 bits per heavy atom. The molecule has 0 fully saturated rings. The second kappa shape index (κ2) is 6.87. The molecule has 2 aromatic heterocycles. The summed E-state index contributed by atoms with van der Waals surface area (Å²) in [5, 5.41) is 20.7. The molecule has 0 aromatic carbocycles. The van der Waals surface area contributed by atoms with Gasteiger partial charge >= 0.3 is 0 Å². The Morgan fingerprint density at radius 3 is 2.57 bits per heavy atom. The van der Waals surface area contributed by atoms with E-state index in [1.165, 1.54) is 0 Å². The third-order valence-electron chi connectivity index (χ3n) is 3.71. The van der Waals surface area contributed by atoms with Crippen LogP contribution in [0, 0.1) is 20.8 Å². The van der Waals surface area contributed by atoms with Crippen LogP contribution in [0.25, 0.3) is 0 Å². The second-order valence-electron chi connectivity index (χ2n) is 5.77. The average Bonchev–Trinajstić information content (AvgIpc) is 3.07. The van der Waals surface area contributed by atoms with Crippen LogP contribution in [-0.2, 0) is 12.1 Å². The lowest BCUT2D eigenvalue weighted by atomic mass is 10.0. The van der Waals surface area contributed by atoms with Gasteiger partial charge in [0.1, 0.15) is 22.9 Å². The van der Waals surface area contributed by atoms with Crippen molar-refractivity contribution in [1.82, 2.24) is 15.8 Å². The molecule has 2 heterocycles. The molecule has 0 saturated heterocycles. The van der Waals surface area contributed by atoms with E-state index in [0.29, 0.717) is 18.3 Å². The first-order valence-corrected chi connectivity index (χ1v) is 7.49. The summed E-state index contributed by atoms with van der Waals surface area (Å²) in [6.45, 7) is 8.12. The van der Waals surface area contributed by atoms with Crippen LogP contribution in [0.3, 0.4) is 0 Å². The standard InChI is InChI=1S/C16H24N4O3/c1-10-6-7-14(22-10)16(4,21)9-19-15(17-5)18-8-13-11(2)20-23-12(13)3/h6-7,21H,8-9H2,1-5H3,(H2,17,18,19). The Labute approximate surface area is 135 Å². The SMILES string of the molecule is CN=C(NCc1c(C)noc1C)NCC(C)(O)c1ccc(C)o1. The number of aliphatic imine (C=N–C) groups is 1. The predicted molar refractivity (Wildman–Crippen MR) is 87.2 cm³/mol. The fourth-order valence-electron chi connectivity index (χ4n) is 2.21. The molecule has 3 N–H and O–H groups in total. The number of aliphatic hydroxyl groups is 1. The van der Waals surface area contributed by atoms with Crippen LogP contribution >= 0.6 is 0 Å². The summed E-state index contributed by atoms with van der Waals surface area (Å²) in [7, 11) is 1.68. The summed E-state index contributed by atoms with van der Waals surface area (Å²) in [6, 6.07) is 3.60. The third kappa shape index (κ3) is 4.13. The van der Waals surface area contributed by atoms with Gasteiger partial charge in [0.15, 0.2) is 5.96 Å². The minimum Gasteiger partial charge on any atom is -0.463 e. The van der Waals surface area contributed by atoms with Gasteiger partial charge in [-0.05, 0) is 39.8 Å². The fraction of sp³-hybridized carbons (Fsp3) is 0.500. The van der Waals surface area contributed by atoms with Crippen molar-refractivity contribution in [2.24, 2.45) is 4.99 Å². The zero-order valence-corrected chi connectivity index (χ0v) is 14.2. The number of hydrogen-bond donors (Lipinski definition) is 3. The molecule has 23 heavy (non-hydrogen) atoms. The third-order valence-corrected chi connectivity index (χ3v) is 3.71. The summed E-state index contributed by atoms with van der Waals surface area (Å²) in [4.78, 5) is 4.15. The van der Waals surface area contributed by atoms with Gasteiger partial charge in [0.05, 0.1) is 12.2 Å². The molecule has 7 heteroatoms. The van der Waals surface area contributed by atoms with Crippen LogP contribution in [0.2, 0.25) is 0 Å².